The zero-order chi connectivity index (χ0) is 13.8. The van der Waals surface area contributed by atoms with E-state index in [1.54, 1.807) is 0 Å². The first kappa shape index (κ1) is 13.3. The van der Waals surface area contributed by atoms with E-state index in [-0.39, 0.29) is 0 Å². The highest BCUT2D eigenvalue weighted by atomic mass is 14.9. The third-order valence-corrected chi connectivity index (χ3v) is 4.03. The molecular formula is C18H22N2. The van der Waals surface area contributed by atoms with E-state index in [2.05, 4.69) is 52.8 Å². The molecule has 1 aliphatic carbocycles. The Bertz CT molecular complexity index is 616. The van der Waals surface area contributed by atoms with Crippen molar-refractivity contribution in [1.82, 2.24) is 10.3 Å². The second-order valence-electron chi connectivity index (χ2n) is 5.76. The number of aromatic nitrogens is 1. The van der Waals surface area contributed by atoms with Crippen molar-refractivity contribution in [3.05, 3.63) is 53.7 Å². The summed E-state index contributed by atoms with van der Waals surface area (Å²) in [6, 6.07) is 10.8. The van der Waals surface area contributed by atoms with Gasteiger partial charge < -0.3 is 5.32 Å². The Kier molecular flexibility index (Phi) is 4.12. The molecule has 1 aliphatic rings. The third kappa shape index (κ3) is 3.26. The van der Waals surface area contributed by atoms with Crippen molar-refractivity contribution < 1.29 is 0 Å². The molecule has 0 amide bonds. The highest BCUT2D eigenvalue weighted by Gasteiger charge is 2.08. The van der Waals surface area contributed by atoms with E-state index in [4.69, 9.17) is 0 Å². The van der Waals surface area contributed by atoms with Gasteiger partial charge in [-0.05, 0) is 62.4 Å². The monoisotopic (exact) mass is 266 g/mol. The zero-order valence-corrected chi connectivity index (χ0v) is 12.1. The number of benzene rings is 1. The van der Waals surface area contributed by atoms with E-state index >= 15 is 0 Å². The summed E-state index contributed by atoms with van der Waals surface area (Å²) in [7, 11) is 0. The van der Waals surface area contributed by atoms with Crippen molar-refractivity contribution in [3.8, 4) is 0 Å². The molecule has 2 heteroatoms. The second kappa shape index (κ2) is 6.19. The van der Waals surface area contributed by atoms with E-state index in [0.29, 0.717) is 0 Å². The molecule has 0 saturated carbocycles. The number of fused-ring (bicyclic) bond motifs is 1. The lowest BCUT2D eigenvalue weighted by molar-refractivity contribution is 0.440. The fourth-order valence-corrected chi connectivity index (χ4v) is 2.85. The minimum Gasteiger partial charge on any atom is -0.312 e. The Morgan fingerprint density at radius 2 is 2.15 bits per heavy atom. The summed E-state index contributed by atoms with van der Waals surface area (Å²) < 4.78 is 0. The lowest BCUT2D eigenvalue weighted by Crippen LogP contribution is -2.23. The van der Waals surface area contributed by atoms with Crippen LogP contribution in [-0.2, 0) is 6.54 Å². The number of hydrogen-bond donors (Lipinski definition) is 1. The number of aryl methyl sites for hydroxylation is 1. The number of hydrogen-bond acceptors (Lipinski definition) is 2. The molecule has 20 heavy (non-hydrogen) atoms. The highest BCUT2D eigenvalue weighted by Crippen LogP contribution is 2.18. The van der Waals surface area contributed by atoms with Gasteiger partial charge in [0.05, 0.1) is 5.52 Å². The van der Waals surface area contributed by atoms with Gasteiger partial charge in [-0.3, -0.25) is 4.98 Å². The van der Waals surface area contributed by atoms with Gasteiger partial charge in [0.2, 0.25) is 0 Å². The van der Waals surface area contributed by atoms with Gasteiger partial charge in [-0.1, -0.05) is 24.3 Å². The van der Waals surface area contributed by atoms with Crippen molar-refractivity contribution in [2.45, 2.75) is 32.7 Å². The average Bonchev–Trinajstić information content (AvgIpc) is 2.48. The zero-order valence-electron chi connectivity index (χ0n) is 12.1. The van der Waals surface area contributed by atoms with Crippen LogP contribution in [0, 0.1) is 12.8 Å². The van der Waals surface area contributed by atoms with Crippen molar-refractivity contribution >= 4 is 10.9 Å². The third-order valence-electron chi connectivity index (χ3n) is 4.03. The highest BCUT2D eigenvalue weighted by molar-refractivity contribution is 5.79. The van der Waals surface area contributed by atoms with Crippen LogP contribution in [0.5, 0.6) is 0 Å². The summed E-state index contributed by atoms with van der Waals surface area (Å²) in [6.07, 6.45) is 8.42. The van der Waals surface area contributed by atoms with Gasteiger partial charge in [-0.25, -0.2) is 0 Å². The van der Waals surface area contributed by atoms with Crippen LogP contribution in [-0.4, -0.2) is 11.5 Å². The molecule has 1 heterocycles. The Hall–Kier alpha value is -1.67. The molecule has 1 unspecified atom stereocenters. The number of pyridine rings is 1. The first-order valence-electron chi connectivity index (χ1n) is 7.53. The average molecular weight is 266 g/mol. The Balaban J connectivity index is 1.60. The fourth-order valence-electron chi connectivity index (χ4n) is 2.85. The quantitative estimate of drug-likeness (QED) is 0.846. The van der Waals surface area contributed by atoms with Crippen molar-refractivity contribution in [1.29, 1.82) is 0 Å². The van der Waals surface area contributed by atoms with E-state index in [9.17, 15) is 0 Å². The van der Waals surface area contributed by atoms with Gasteiger partial charge in [0.15, 0.2) is 0 Å². The minimum atomic E-state index is 0.810. The molecular weight excluding hydrogens is 244 g/mol. The van der Waals surface area contributed by atoms with Gasteiger partial charge in [-0.15, -0.1) is 0 Å². The van der Waals surface area contributed by atoms with Crippen LogP contribution in [0.15, 0.2) is 42.5 Å². The molecule has 0 spiro atoms. The maximum atomic E-state index is 4.54. The first-order valence-corrected chi connectivity index (χ1v) is 7.53. The van der Waals surface area contributed by atoms with Crippen LogP contribution in [0.2, 0.25) is 0 Å². The van der Waals surface area contributed by atoms with Gasteiger partial charge >= 0.3 is 0 Å². The summed E-state index contributed by atoms with van der Waals surface area (Å²) in [5.41, 5.74) is 3.51. The maximum absolute atomic E-state index is 4.54. The van der Waals surface area contributed by atoms with Crippen LogP contribution < -0.4 is 5.32 Å². The molecule has 1 aromatic heterocycles. The van der Waals surface area contributed by atoms with Crippen LogP contribution in [0.1, 0.15) is 30.5 Å². The molecule has 104 valence electrons. The number of allylic oxidation sites excluding steroid dienone is 2. The molecule has 2 nitrogen and oxygen atoms in total. The Morgan fingerprint density at radius 3 is 3.00 bits per heavy atom. The second-order valence-corrected chi connectivity index (χ2v) is 5.76. The molecule has 0 fully saturated rings. The van der Waals surface area contributed by atoms with E-state index < -0.39 is 0 Å². The van der Waals surface area contributed by atoms with Crippen LogP contribution in [0.25, 0.3) is 10.9 Å². The first-order chi connectivity index (χ1) is 9.81. The fraction of sp³-hybridized carbons (Fsp3) is 0.389. The summed E-state index contributed by atoms with van der Waals surface area (Å²) in [6.45, 7) is 4.10. The predicted octanol–water partition coefficient (Wildman–Crippen LogP) is 3.99. The molecule has 0 radical (unpaired) electrons. The summed E-state index contributed by atoms with van der Waals surface area (Å²) in [4.78, 5) is 4.54. The van der Waals surface area contributed by atoms with E-state index in [0.717, 1.165) is 30.2 Å². The Morgan fingerprint density at radius 1 is 1.20 bits per heavy atom. The van der Waals surface area contributed by atoms with Crippen LogP contribution >= 0.6 is 0 Å². The lowest BCUT2D eigenvalue weighted by atomic mass is 9.94. The molecule has 0 bridgehead atoms. The number of nitrogens with zero attached hydrogens (tertiary/aromatic N) is 1. The molecule has 1 aromatic carbocycles. The van der Waals surface area contributed by atoms with Crippen molar-refractivity contribution in [2.75, 3.05) is 6.54 Å². The van der Waals surface area contributed by atoms with E-state index in [1.807, 2.05) is 6.92 Å². The largest absolute Gasteiger partial charge is 0.312 e. The normalized spacial score (nSPS) is 18.6. The topological polar surface area (TPSA) is 24.9 Å². The molecule has 0 aliphatic heterocycles. The predicted molar refractivity (Wildman–Crippen MR) is 84.7 cm³/mol. The van der Waals surface area contributed by atoms with Crippen LogP contribution in [0.3, 0.4) is 0 Å². The molecule has 3 rings (SSSR count). The number of nitrogens with one attached hydrogen (secondary N) is 1. The summed E-state index contributed by atoms with van der Waals surface area (Å²) in [5.74, 6) is 0.810. The van der Waals surface area contributed by atoms with Gasteiger partial charge in [-0.2, -0.15) is 0 Å². The molecule has 2 aromatic rings. The maximum Gasteiger partial charge on any atom is 0.0705 e. The molecule has 0 saturated heterocycles. The summed E-state index contributed by atoms with van der Waals surface area (Å²) in [5, 5.41) is 4.83. The van der Waals surface area contributed by atoms with Gasteiger partial charge in [0.1, 0.15) is 0 Å². The summed E-state index contributed by atoms with van der Waals surface area (Å²) >= 11 is 0. The van der Waals surface area contributed by atoms with Crippen LogP contribution in [0.4, 0.5) is 0 Å². The minimum absolute atomic E-state index is 0.810. The van der Waals surface area contributed by atoms with Gasteiger partial charge in [0.25, 0.3) is 0 Å². The van der Waals surface area contributed by atoms with E-state index in [1.165, 1.54) is 30.2 Å². The standard InChI is InChI=1S/C18H22N2/c1-14-7-9-17-11-16(8-10-18(17)20-14)13-19-12-15-5-3-2-4-6-15/h2-3,7-11,15,19H,4-6,12-13H2,1H3. The lowest BCUT2D eigenvalue weighted by Gasteiger charge is -2.18. The van der Waals surface area contributed by atoms with Crippen molar-refractivity contribution in [3.63, 3.8) is 0 Å². The Labute approximate surface area is 120 Å². The van der Waals surface area contributed by atoms with Crippen molar-refractivity contribution in [2.24, 2.45) is 5.92 Å². The molecule has 1 atom stereocenters. The molecule has 1 N–H and O–H groups in total. The SMILES string of the molecule is Cc1ccc2cc(CNCC3CC=CCC3)ccc2n1. The van der Waals surface area contributed by atoms with Gasteiger partial charge in [0, 0.05) is 17.6 Å². The number of rotatable bonds is 4. The smallest absolute Gasteiger partial charge is 0.0705 e.